The molecular formula is C14H10ClFOS. The minimum Gasteiger partial charge on any atom is -0.293 e. The molecule has 0 unspecified atom stereocenters. The van der Waals surface area contributed by atoms with Crippen LogP contribution in [0.25, 0.3) is 0 Å². The molecule has 0 N–H and O–H groups in total. The van der Waals surface area contributed by atoms with Crippen LogP contribution in [0, 0.1) is 5.82 Å². The van der Waals surface area contributed by atoms with Gasteiger partial charge in [-0.25, -0.2) is 4.39 Å². The number of thioether (sulfide) groups is 1. The molecule has 0 spiro atoms. The molecule has 18 heavy (non-hydrogen) atoms. The van der Waals surface area contributed by atoms with Gasteiger partial charge < -0.3 is 0 Å². The highest BCUT2D eigenvalue weighted by atomic mass is 35.5. The van der Waals surface area contributed by atoms with Crippen LogP contribution in [0.5, 0.6) is 0 Å². The molecule has 2 aromatic rings. The maximum Gasteiger partial charge on any atom is 0.176 e. The Hall–Kier alpha value is -1.32. The third-order valence-electron chi connectivity index (χ3n) is 2.34. The van der Waals surface area contributed by atoms with Gasteiger partial charge in [0.2, 0.25) is 0 Å². The number of ketones is 1. The van der Waals surface area contributed by atoms with E-state index >= 15 is 0 Å². The van der Waals surface area contributed by atoms with Crippen molar-refractivity contribution < 1.29 is 9.18 Å². The third kappa shape index (κ3) is 3.34. The molecule has 0 atom stereocenters. The van der Waals surface area contributed by atoms with Crippen LogP contribution in [-0.4, -0.2) is 11.5 Å². The first-order valence-corrected chi connectivity index (χ1v) is 6.69. The Morgan fingerprint density at radius 2 is 1.94 bits per heavy atom. The summed E-state index contributed by atoms with van der Waals surface area (Å²) in [7, 11) is 0. The Morgan fingerprint density at radius 1 is 1.17 bits per heavy atom. The van der Waals surface area contributed by atoms with Gasteiger partial charge in [0, 0.05) is 9.92 Å². The standard InChI is InChI=1S/C14H10ClFOS/c15-10-4-3-5-11(8-10)18-9-14(17)12-6-1-2-7-13(12)16/h1-8H,9H2. The summed E-state index contributed by atoms with van der Waals surface area (Å²) in [5, 5.41) is 0.623. The van der Waals surface area contributed by atoms with Gasteiger partial charge in [-0.1, -0.05) is 29.8 Å². The number of Topliss-reactive ketones (excluding diaryl/α,β-unsaturated/α-hetero) is 1. The number of hydrogen-bond donors (Lipinski definition) is 0. The first kappa shape index (κ1) is 13.1. The molecule has 0 heterocycles. The van der Waals surface area contributed by atoms with Crippen molar-refractivity contribution in [2.75, 3.05) is 5.75 Å². The minimum absolute atomic E-state index is 0.132. The Labute approximate surface area is 114 Å². The van der Waals surface area contributed by atoms with Crippen molar-refractivity contribution >= 4 is 29.1 Å². The van der Waals surface area contributed by atoms with E-state index in [0.717, 1.165) is 4.90 Å². The maximum atomic E-state index is 13.4. The van der Waals surface area contributed by atoms with Crippen molar-refractivity contribution in [3.05, 3.63) is 64.9 Å². The van der Waals surface area contributed by atoms with Crippen LogP contribution in [0.4, 0.5) is 4.39 Å². The molecular weight excluding hydrogens is 271 g/mol. The van der Waals surface area contributed by atoms with E-state index in [1.54, 1.807) is 24.3 Å². The second-order valence-corrected chi connectivity index (χ2v) is 5.13. The smallest absolute Gasteiger partial charge is 0.176 e. The van der Waals surface area contributed by atoms with Gasteiger partial charge in [0.1, 0.15) is 5.82 Å². The summed E-state index contributed by atoms with van der Waals surface area (Å²) in [6, 6.07) is 13.2. The second kappa shape index (κ2) is 6.03. The fourth-order valence-corrected chi connectivity index (χ4v) is 2.56. The summed E-state index contributed by atoms with van der Waals surface area (Å²) < 4.78 is 13.4. The lowest BCUT2D eigenvalue weighted by Crippen LogP contribution is -2.04. The fourth-order valence-electron chi connectivity index (χ4n) is 1.47. The highest BCUT2D eigenvalue weighted by Crippen LogP contribution is 2.22. The van der Waals surface area contributed by atoms with Gasteiger partial charge in [-0.05, 0) is 30.3 Å². The molecule has 0 aromatic heterocycles. The largest absolute Gasteiger partial charge is 0.293 e. The van der Waals surface area contributed by atoms with E-state index in [0.29, 0.717) is 5.02 Å². The van der Waals surface area contributed by atoms with E-state index in [1.807, 2.05) is 12.1 Å². The quantitative estimate of drug-likeness (QED) is 0.608. The second-order valence-electron chi connectivity index (χ2n) is 3.65. The summed E-state index contributed by atoms with van der Waals surface area (Å²) in [5.41, 5.74) is 0.132. The molecule has 0 saturated carbocycles. The van der Waals surface area contributed by atoms with E-state index in [2.05, 4.69) is 0 Å². The third-order valence-corrected chi connectivity index (χ3v) is 3.57. The first-order chi connectivity index (χ1) is 8.66. The van der Waals surface area contributed by atoms with Gasteiger partial charge in [0.05, 0.1) is 11.3 Å². The average Bonchev–Trinajstić information content (AvgIpc) is 2.37. The zero-order valence-corrected chi connectivity index (χ0v) is 11.0. The molecule has 0 aliphatic heterocycles. The summed E-state index contributed by atoms with van der Waals surface area (Å²) in [6.07, 6.45) is 0. The molecule has 0 saturated heterocycles. The van der Waals surface area contributed by atoms with E-state index in [4.69, 9.17) is 11.6 Å². The molecule has 0 fully saturated rings. The Balaban J connectivity index is 2.03. The summed E-state index contributed by atoms with van der Waals surface area (Å²) in [6.45, 7) is 0. The van der Waals surface area contributed by atoms with Gasteiger partial charge in [-0.2, -0.15) is 0 Å². The van der Waals surface area contributed by atoms with Crippen LogP contribution < -0.4 is 0 Å². The summed E-state index contributed by atoms with van der Waals surface area (Å²) >= 11 is 7.19. The number of carbonyl (C=O) groups excluding carboxylic acids is 1. The van der Waals surface area contributed by atoms with Gasteiger partial charge in [0.15, 0.2) is 5.78 Å². The highest BCUT2D eigenvalue weighted by Gasteiger charge is 2.11. The predicted octanol–water partition coefficient (Wildman–Crippen LogP) is 4.45. The fraction of sp³-hybridized carbons (Fsp3) is 0.0714. The monoisotopic (exact) mass is 280 g/mol. The van der Waals surface area contributed by atoms with Crippen LogP contribution >= 0.6 is 23.4 Å². The van der Waals surface area contributed by atoms with Gasteiger partial charge in [-0.3, -0.25) is 4.79 Å². The van der Waals surface area contributed by atoms with Crippen molar-refractivity contribution in [2.24, 2.45) is 0 Å². The molecule has 0 aliphatic rings. The Bertz CT molecular complexity index is 571. The van der Waals surface area contributed by atoms with Gasteiger partial charge in [-0.15, -0.1) is 11.8 Å². The first-order valence-electron chi connectivity index (χ1n) is 5.33. The van der Waals surface area contributed by atoms with Crippen molar-refractivity contribution in [1.82, 2.24) is 0 Å². The summed E-state index contributed by atoms with van der Waals surface area (Å²) in [4.78, 5) is 12.7. The van der Waals surface area contributed by atoms with Crippen LogP contribution in [0.15, 0.2) is 53.4 Å². The van der Waals surface area contributed by atoms with Crippen LogP contribution in [0.2, 0.25) is 5.02 Å². The number of hydrogen-bond acceptors (Lipinski definition) is 2. The lowest BCUT2D eigenvalue weighted by Gasteiger charge is -2.03. The van der Waals surface area contributed by atoms with Gasteiger partial charge in [0.25, 0.3) is 0 Å². The predicted molar refractivity (Wildman–Crippen MR) is 72.9 cm³/mol. The normalized spacial score (nSPS) is 10.3. The number of benzene rings is 2. The van der Waals surface area contributed by atoms with Crippen LogP contribution in [0.3, 0.4) is 0 Å². The van der Waals surface area contributed by atoms with Crippen molar-refractivity contribution in [1.29, 1.82) is 0 Å². The summed E-state index contributed by atoms with van der Waals surface area (Å²) in [5.74, 6) is -0.506. The molecule has 4 heteroatoms. The molecule has 2 aromatic carbocycles. The molecule has 2 rings (SSSR count). The van der Waals surface area contributed by atoms with Crippen molar-refractivity contribution in [3.63, 3.8) is 0 Å². The maximum absolute atomic E-state index is 13.4. The van der Waals surface area contributed by atoms with E-state index in [-0.39, 0.29) is 17.1 Å². The molecule has 0 amide bonds. The van der Waals surface area contributed by atoms with Crippen LogP contribution in [0.1, 0.15) is 10.4 Å². The number of carbonyl (C=O) groups is 1. The topological polar surface area (TPSA) is 17.1 Å². The zero-order valence-electron chi connectivity index (χ0n) is 9.40. The van der Waals surface area contributed by atoms with Crippen molar-refractivity contribution in [2.45, 2.75) is 4.90 Å². The molecule has 1 nitrogen and oxygen atoms in total. The Kier molecular flexibility index (Phi) is 4.39. The zero-order chi connectivity index (χ0) is 13.0. The lowest BCUT2D eigenvalue weighted by molar-refractivity contribution is 0.101. The van der Waals surface area contributed by atoms with E-state index in [9.17, 15) is 9.18 Å². The molecule has 0 bridgehead atoms. The minimum atomic E-state index is -0.478. The van der Waals surface area contributed by atoms with Crippen molar-refractivity contribution in [3.8, 4) is 0 Å². The van der Waals surface area contributed by atoms with E-state index in [1.165, 1.54) is 23.9 Å². The molecule has 0 aliphatic carbocycles. The highest BCUT2D eigenvalue weighted by molar-refractivity contribution is 8.00. The number of halogens is 2. The Morgan fingerprint density at radius 3 is 2.67 bits per heavy atom. The van der Waals surface area contributed by atoms with E-state index < -0.39 is 5.82 Å². The number of rotatable bonds is 4. The van der Waals surface area contributed by atoms with Crippen LogP contribution in [-0.2, 0) is 0 Å². The SMILES string of the molecule is O=C(CSc1cccc(Cl)c1)c1ccccc1F. The molecule has 92 valence electrons. The van der Waals surface area contributed by atoms with Gasteiger partial charge >= 0.3 is 0 Å². The lowest BCUT2D eigenvalue weighted by atomic mass is 10.1. The average molecular weight is 281 g/mol. The molecule has 0 radical (unpaired) electrons.